The Morgan fingerprint density at radius 2 is 2.05 bits per heavy atom. The predicted octanol–water partition coefficient (Wildman–Crippen LogP) is 2.21. The molecule has 0 aliphatic carbocycles. The predicted molar refractivity (Wildman–Crippen MR) is 85.0 cm³/mol. The lowest BCUT2D eigenvalue weighted by atomic mass is 10.1. The Labute approximate surface area is 125 Å². The van der Waals surface area contributed by atoms with E-state index in [1.54, 1.807) is 6.07 Å². The van der Waals surface area contributed by atoms with E-state index in [0.29, 0.717) is 10.6 Å². The highest BCUT2D eigenvalue weighted by Gasteiger charge is 2.13. The molecule has 0 spiro atoms. The topological polar surface area (TPSA) is 65.1 Å². The monoisotopic (exact) mass is 298 g/mol. The molecule has 0 unspecified atom stereocenters. The Hall–Kier alpha value is -1.46. The molecule has 0 aliphatic rings. The van der Waals surface area contributed by atoms with Crippen LogP contribution in [0.4, 0.5) is 5.69 Å². The summed E-state index contributed by atoms with van der Waals surface area (Å²) in [4.78, 5) is 4.35. The number of amidine groups is 1. The van der Waals surface area contributed by atoms with Gasteiger partial charge in [-0.05, 0) is 52.2 Å². The van der Waals surface area contributed by atoms with Crippen molar-refractivity contribution in [1.29, 1.82) is 0 Å². The van der Waals surface area contributed by atoms with Crippen LogP contribution in [0.15, 0.2) is 23.4 Å². The molecule has 20 heavy (non-hydrogen) atoms. The highest BCUT2D eigenvalue weighted by atomic mass is 35.5. The highest BCUT2D eigenvalue weighted by molar-refractivity contribution is 6.31. The fraction of sp³-hybridized carbons (Fsp3) is 0.500. The van der Waals surface area contributed by atoms with Gasteiger partial charge < -0.3 is 20.7 Å². The minimum Gasteiger partial charge on any atom is -0.409 e. The van der Waals surface area contributed by atoms with E-state index in [9.17, 15) is 0 Å². The standard InChI is InChI=1S/C14H23ClN4O/c1-4-19(9-5-8-18(2)3)13-7-6-11(15)10-12(13)14(16)17-20/h6-7,10,20H,4-5,8-9H2,1-3H3,(H2,16,17). The first-order valence-electron chi connectivity index (χ1n) is 6.66. The van der Waals surface area contributed by atoms with Crippen LogP contribution in [0.25, 0.3) is 0 Å². The molecule has 0 fully saturated rings. The number of benzene rings is 1. The lowest BCUT2D eigenvalue weighted by Crippen LogP contribution is -2.29. The zero-order valence-electron chi connectivity index (χ0n) is 12.3. The molecule has 0 saturated heterocycles. The van der Waals surface area contributed by atoms with E-state index in [0.717, 1.165) is 31.7 Å². The third-order valence-electron chi connectivity index (χ3n) is 3.10. The summed E-state index contributed by atoms with van der Waals surface area (Å²) in [6.07, 6.45) is 1.04. The van der Waals surface area contributed by atoms with Gasteiger partial charge in [0.1, 0.15) is 0 Å². The molecule has 0 saturated carbocycles. The molecule has 5 nitrogen and oxygen atoms in total. The molecule has 3 N–H and O–H groups in total. The molecular formula is C14H23ClN4O. The summed E-state index contributed by atoms with van der Waals surface area (Å²) in [5.41, 5.74) is 7.33. The van der Waals surface area contributed by atoms with Crippen molar-refractivity contribution in [3.63, 3.8) is 0 Å². The quantitative estimate of drug-likeness (QED) is 0.351. The fourth-order valence-corrected chi connectivity index (χ4v) is 2.24. The summed E-state index contributed by atoms with van der Waals surface area (Å²) >= 11 is 5.99. The molecule has 6 heteroatoms. The van der Waals surface area contributed by atoms with Gasteiger partial charge in [-0.1, -0.05) is 16.8 Å². The van der Waals surface area contributed by atoms with Gasteiger partial charge in [0, 0.05) is 29.4 Å². The lowest BCUT2D eigenvalue weighted by Gasteiger charge is -2.26. The molecule has 0 aliphatic heterocycles. The summed E-state index contributed by atoms with van der Waals surface area (Å²) < 4.78 is 0. The molecule has 0 heterocycles. The zero-order valence-corrected chi connectivity index (χ0v) is 13.1. The van der Waals surface area contributed by atoms with Crippen molar-refractivity contribution in [2.75, 3.05) is 38.6 Å². The zero-order chi connectivity index (χ0) is 15.1. The van der Waals surface area contributed by atoms with Crippen LogP contribution in [0, 0.1) is 0 Å². The Morgan fingerprint density at radius 1 is 1.35 bits per heavy atom. The maximum absolute atomic E-state index is 8.90. The summed E-state index contributed by atoms with van der Waals surface area (Å²) in [6, 6.07) is 5.45. The lowest BCUT2D eigenvalue weighted by molar-refractivity contribution is 0.318. The van der Waals surface area contributed by atoms with E-state index >= 15 is 0 Å². The molecule has 0 amide bonds. The van der Waals surface area contributed by atoms with Gasteiger partial charge in [0.25, 0.3) is 0 Å². The minimum atomic E-state index is 0.0774. The Morgan fingerprint density at radius 3 is 2.60 bits per heavy atom. The van der Waals surface area contributed by atoms with Gasteiger partial charge in [0.05, 0.1) is 0 Å². The number of oxime groups is 1. The Balaban J connectivity index is 2.96. The second kappa shape index (κ2) is 7.97. The van der Waals surface area contributed by atoms with Gasteiger partial charge in [-0.25, -0.2) is 0 Å². The molecule has 0 atom stereocenters. The van der Waals surface area contributed by atoms with Gasteiger partial charge in [-0.15, -0.1) is 0 Å². The van der Waals surface area contributed by atoms with Crippen molar-refractivity contribution >= 4 is 23.1 Å². The number of hydrogen-bond donors (Lipinski definition) is 2. The highest BCUT2D eigenvalue weighted by Crippen LogP contribution is 2.24. The number of nitrogens with two attached hydrogens (primary N) is 1. The van der Waals surface area contributed by atoms with Crippen LogP contribution in [-0.2, 0) is 0 Å². The summed E-state index contributed by atoms with van der Waals surface area (Å²) in [5, 5.41) is 12.6. The third kappa shape index (κ3) is 4.58. The van der Waals surface area contributed by atoms with E-state index in [4.69, 9.17) is 22.5 Å². The van der Waals surface area contributed by atoms with Crippen LogP contribution in [-0.4, -0.2) is 49.7 Å². The van der Waals surface area contributed by atoms with Crippen LogP contribution in [0.5, 0.6) is 0 Å². The summed E-state index contributed by atoms with van der Waals surface area (Å²) in [6.45, 7) is 4.85. The van der Waals surface area contributed by atoms with E-state index in [2.05, 4.69) is 36.0 Å². The first-order chi connectivity index (χ1) is 9.49. The van der Waals surface area contributed by atoms with Crippen LogP contribution in [0.2, 0.25) is 5.02 Å². The largest absolute Gasteiger partial charge is 0.409 e. The van der Waals surface area contributed by atoms with E-state index < -0.39 is 0 Å². The molecule has 112 valence electrons. The van der Waals surface area contributed by atoms with Gasteiger partial charge in [0.15, 0.2) is 5.84 Å². The fourth-order valence-electron chi connectivity index (χ4n) is 2.07. The van der Waals surface area contributed by atoms with Crippen molar-refractivity contribution in [3.8, 4) is 0 Å². The van der Waals surface area contributed by atoms with Crippen molar-refractivity contribution in [2.45, 2.75) is 13.3 Å². The van der Waals surface area contributed by atoms with Crippen LogP contribution >= 0.6 is 11.6 Å². The van der Waals surface area contributed by atoms with Crippen LogP contribution in [0.1, 0.15) is 18.9 Å². The maximum atomic E-state index is 8.90. The van der Waals surface area contributed by atoms with Crippen molar-refractivity contribution < 1.29 is 5.21 Å². The first kappa shape index (κ1) is 16.6. The third-order valence-corrected chi connectivity index (χ3v) is 3.33. The number of anilines is 1. The molecule has 1 aromatic carbocycles. The minimum absolute atomic E-state index is 0.0774. The van der Waals surface area contributed by atoms with E-state index in [-0.39, 0.29) is 5.84 Å². The smallest absolute Gasteiger partial charge is 0.172 e. The maximum Gasteiger partial charge on any atom is 0.172 e. The molecule has 1 aromatic rings. The number of rotatable bonds is 7. The Bertz CT molecular complexity index is 462. The molecule has 0 bridgehead atoms. The van der Waals surface area contributed by atoms with E-state index in [1.165, 1.54) is 0 Å². The van der Waals surface area contributed by atoms with Gasteiger partial charge >= 0.3 is 0 Å². The number of nitrogens with zero attached hydrogens (tertiary/aromatic N) is 3. The molecule has 0 aromatic heterocycles. The summed E-state index contributed by atoms with van der Waals surface area (Å²) in [7, 11) is 4.11. The van der Waals surface area contributed by atoms with Gasteiger partial charge in [0.2, 0.25) is 0 Å². The second-order valence-electron chi connectivity index (χ2n) is 4.88. The van der Waals surface area contributed by atoms with Gasteiger partial charge in [-0.3, -0.25) is 0 Å². The molecule has 1 rings (SSSR count). The van der Waals surface area contributed by atoms with Gasteiger partial charge in [-0.2, -0.15) is 0 Å². The van der Waals surface area contributed by atoms with Crippen LogP contribution < -0.4 is 10.6 Å². The first-order valence-corrected chi connectivity index (χ1v) is 7.04. The van der Waals surface area contributed by atoms with E-state index in [1.807, 2.05) is 12.1 Å². The van der Waals surface area contributed by atoms with Crippen molar-refractivity contribution in [3.05, 3.63) is 28.8 Å². The Kier molecular flexibility index (Phi) is 6.61. The average molecular weight is 299 g/mol. The average Bonchev–Trinajstić information content (AvgIpc) is 2.43. The molecular weight excluding hydrogens is 276 g/mol. The van der Waals surface area contributed by atoms with Crippen molar-refractivity contribution in [1.82, 2.24) is 4.90 Å². The van der Waals surface area contributed by atoms with Crippen molar-refractivity contribution in [2.24, 2.45) is 10.9 Å². The SMILES string of the molecule is CCN(CCCN(C)C)c1ccc(Cl)cc1/C(N)=N/O. The normalized spacial score (nSPS) is 11.9. The number of halogens is 1. The second-order valence-corrected chi connectivity index (χ2v) is 5.32. The summed E-state index contributed by atoms with van der Waals surface area (Å²) in [5.74, 6) is 0.0774. The number of hydrogen-bond acceptors (Lipinski definition) is 4. The molecule has 0 radical (unpaired) electrons. The van der Waals surface area contributed by atoms with Crippen LogP contribution in [0.3, 0.4) is 0 Å².